The fourth-order valence-electron chi connectivity index (χ4n) is 2.12. The third-order valence-electron chi connectivity index (χ3n) is 3.56. The Balaban J connectivity index is 1.74. The van der Waals surface area contributed by atoms with Gasteiger partial charge in [-0.15, -0.1) is 0 Å². The van der Waals surface area contributed by atoms with Crippen molar-refractivity contribution in [3.05, 3.63) is 63.6 Å². The average Bonchev–Trinajstić information content (AvgIpc) is 2.67. The van der Waals surface area contributed by atoms with E-state index in [4.69, 9.17) is 32.7 Å². The van der Waals surface area contributed by atoms with Gasteiger partial charge in [0.2, 0.25) is 0 Å². The minimum atomic E-state index is -0.688. The molecule has 0 spiro atoms. The zero-order valence-electron chi connectivity index (χ0n) is 14.4. The molecule has 0 aromatic heterocycles. The van der Waals surface area contributed by atoms with Crippen molar-refractivity contribution in [2.75, 3.05) is 13.2 Å². The fourth-order valence-corrected chi connectivity index (χ4v) is 2.43. The summed E-state index contributed by atoms with van der Waals surface area (Å²) in [6.45, 7) is 0.986. The lowest BCUT2D eigenvalue weighted by molar-refractivity contribution is -0.150. The topological polar surface area (TPSA) is 81.7 Å². The number of aldehydes is 1. The molecule has 0 aliphatic heterocycles. The van der Waals surface area contributed by atoms with Gasteiger partial charge in [0.1, 0.15) is 12.0 Å². The second-order valence-electron chi connectivity index (χ2n) is 5.60. The zero-order valence-corrected chi connectivity index (χ0v) is 15.9. The number of carbonyl (C=O) groups is 3. The highest BCUT2D eigenvalue weighted by molar-refractivity contribution is 6.42. The first-order valence-electron chi connectivity index (χ1n) is 7.97. The molecule has 0 bridgehead atoms. The van der Waals surface area contributed by atoms with E-state index < -0.39 is 18.5 Å². The van der Waals surface area contributed by atoms with E-state index in [1.165, 1.54) is 0 Å². The van der Waals surface area contributed by atoms with Gasteiger partial charge >= 0.3 is 5.97 Å². The van der Waals surface area contributed by atoms with Crippen LogP contribution >= 0.6 is 23.2 Å². The van der Waals surface area contributed by atoms with Gasteiger partial charge in [0.05, 0.1) is 16.1 Å². The predicted octanol–water partition coefficient (Wildman–Crippen LogP) is 3.61. The largest absolute Gasteiger partial charge is 0.482 e. The Hall–Kier alpha value is -2.57. The maximum Gasteiger partial charge on any atom is 0.344 e. The number of carbonyl (C=O) groups excluding carboxylic acids is 3. The molecule has 1 amide bonds. The summed E-state index contributed by atoms with van der Waals surface area (Å²) in [7, 11) is 0. The Labute approximate surface area is 166 Å². The number of benzene rings is 2. The number of hydrogen-bond acceptors (Lipinski definition) is 5. The Bertz CT molecular complexity index is 823. The molecular formula is C19H17Cl2NO5. The first-order chi connectivity index (χ1) is 12.9. The molecule has 2 aromatic carbocycles. The van der Waals surface area contributed by atoms with Crippen molar-refractivity contribution in [1.82, 2.24) is 5.32 Å². The van der Waals surface area contributed by atoms with Gasteiger partial charge in [-0.2, -0.15) is 0 Å². The van der Waals surface area contributed by atoms with E-state index in [0.29, 0.717) is 27.6 Å². The molecule has 8 heteroatoms. The minimum Gasteiger partial charge on any atom is -0.482 e. The lowest BCUT2D eigenvalue weighted by Crippen LogP contribution is -2.31. The van der Waals surface area contributed by atoms with Crippen LogP contribution in [0.4, 0.5) is 0 Å². The molecule has 0 saturated carbocycles. The molecule has 0 saturated heterocycles. The molecule has 6 nitrogen and oxygen atoms in total. The smallest absolute Gasteiger partial charge is 0.344 e. The van der Waals surface area contributed by atoms with Gasteiger partial charge in [0.15, 0.2) is 13.2 Å². The Morgan fingerprint density at radius 1 is 1.07 bits per heavy atom. The van der Waals surface area contributed by atoms with Crippen molar-refractivity contribution in [2.45, 2.75) is 13.0 Å². The molecule has 0 unspecified atom stereocenters. The SMILES string of the molecule is C[C@H](NC(=O)COC(=O)COc1ccc(C=O)cc1)c1ccc(Cl)c(Cl)c1. The van der Waals surface area contributed by atoms with Crippen molar-refractivity contribution in [3.8, 4) is 5.75 Å². The van der Waals surface area contributed by atoms with E-state index in [-0.39, 0.29) is 12.6 Å². The van der Waals surface area contributed by atoms with Crippen LogP contribution in [0.3, 0.4) is 0 Å². The Morgan fingerprint density at radius 2 is 1.78 bits per heavy atom. The third kappa shape index (κ3) is 6.58. The highest BCUT2D eigenvalue weighted by Crippen LogP contribution is 2.25. The molecule has 1 N–H and O–H groups in total. The van der Waals surface area contributed by atoms with Crippen LogP contribution < -0.4 is 10.1 Å². The van der Waals surface area contributed by atoms with Crippen LogP contribution in [-0.4, -0.2) is 31.4 Å². The molecule has 142 valence electrons. The van der Waals surface area contributed by atoms with Crippen LogP contribution in [-0.2, 0) is 14.3 Å². The quantitative estimate of drug-likeness (QED) is 0.531. The van der Waals surface area contributed by atoms with Gasteiger partial charge in [0.25, 0.3) is 5.91 Å². The molecule has 2 rings (SSSR count). The third-order valence-corrected chi connectivity index (χ3v) is 4.30. The lowest BCUT2D eigenvalue weighted by Gasteiger charge is -2.15. The Kier molecular flexibility index (Phi) is 7.64. The molecule has 2 aromatic rings. The average molecular weight is 410 g/mol. The number of ether oxygens (including phenoxy) is 2. The van der Waals surface area contributed by atoms with Gasteiger partial charge in [-0.1, -0.05) is 29.3 Å². The number of nitrogens with one attached hydrogen (secondary N) is 1. The van der Waals surface area contributed by atoms with Crippen LogP contribution in [0.2, 0.25) is 10.0 Å². The van der Waals surface area contributed by atoms with Crippen LogP contribution in [0.25, 0.3) is 0 Å². The maximum atomic E-state index is 11.9. The van der Waals surface area contributed by atoms with Gasteiger partial charge in [-0.3, -0.25) is 9.59 Å². The molecule has 0 heterocycles. The van der Waals surface area contributed by atoms with Crippen molar-refractivity contribution < 1.29 is 23.9 Å². The first-order valence-corrected chi connectivity index (χ1v) is 8.72. The van der Waals surface area contributed by atoms with E-state index in [0.717, 1.165) is 5.56 Å². The molecule has 0 fully saturated rings. The van der Waals surface area contributed by atoms with E-state index in [1.807, 2.05) is 0 Å². The van der Waals surface area contributed by atoms with Crippen molar-refractivity contribution in [2.24, 2.45) is 0 Å². The summed E-state index contributed by atoms with van der Waals surface area (Å²) in [6.07, 6.45) is 0.704. The van der Waals surface area contributed by atoms with Gasteiger partial charge < -0.3 is 14.8 Å². The van der Waals surface area contributed by atoms with Crippen LogP contribution in [0.15, 0.2) is 42.5 Å². The van der Waals surface area contributed by atoms with Crippen LogP contribution in [0, 0.1) is 0 Å². The monoisotopic (exact) mass is 409 g/mol. The highest BCUT2D eigenvalue weighted by atomic mass is 35.5. The summed E-state index contributed by atoms with van der Waals surface area (Å²) in [4.78, 5) is 34.1. The lowest BCUT2D eigenvalue weighted by atomic mass is 10.1. The van der Waals surface area contributed by atoms with Crippen LogP contribution in [0.1, 0.15) is 28.9 Å². The highest BCUT2D eigenvalue weighted by Gasteiger charge is 2.13. The molecule has 1 atom stereocenters. The van der Waals surface area contributed by atoms with Crippen molar-refractivity contribution in [1.29, 1.82) is 0 Å². The molecule has 0 aliphatic carbocycles. The second-order valence-corrected chi connectivity index (χ2v) is 6.41. The van der Waals surface area contributed by atoms with Crippen molar-refractivity contribution in [3.63, 3.8) is 0 Å². The molecular weight excluding hydrogens is 393 g/mol. The predicted molar refractivity (Wildman–Crippen MR) is 101 cm³/mol. The number of hydrogen-bond donors (Lipinski definition) is 1. The zero-order chi connectivity index (χ0) is 19.8. The van der Waals surface area contributed by atoms with E-state index in [1.54, 1.807) is 49.4 Å². The fraction of sp³-hybridized carbons (Fsp3) is 0.211. The molecule has 0 radical (unpaired) electrons. The summed E-state index contributed by atoms with van der Waals surface area (Å²) < 4.78 is 10.1. The van der Waals surface area contributed by atoms with E-state index in [2.05, 4.69) is 5.32 Å². The van der Waals surface area contributed by atoms with E-state index >= 15 is 0 Å². The summed E-state index contributed by atoms with van der Waals surface area (Å²) in [5.74, 6) is -0.737. The standard InChI is InChI=1S/C19H17Cl2NO5/c1-12(14-4-7-16(20)17(21)8-14)22-18(24)10-27-19(25)11-26-15-5-2-13(9-23)3-6-15/h2-9,12H,10-11H2,1H3,(H,22,24)/t12-/m0/s1. The number of rotatable bonds is 8. The maximum absolute atomic E-state index is 11.9. The second kappa shape index (κ2) is 9.94. The molecule has 27 heavy (non-hydrogen) atoms. The normalized spacial score (nSPS) is 11.4. The number of esters is 1. The Morgan fingerprint density at radius 3 is 2.41 bits per heavy atom. The molecule has 0 aliphatic rings. The summed E-state index contributed by atoms with van der Waals surface area (Å²) >= 11 is 11.8. The summed E-state index contributed by atoms with van der Waals surface area (Å²) in [5, 5.41) is 3.51. The van der Waals surface area contributed by atoms with Crippen LogP contribution in [0.5, 0.6) is 5.75 Å². The van der Waals surface area contributed by atoms with E-state index in [9.17, 15) is 14.4 Å². The first kappa shape index (κ1) is 20.7. The number of halogens is 2. The number of amides is 1. The summed E-state index contributed by atoms with van der Waals surface area (Å²) in [5.41, 5.74) is 1.27. The van der Waals surface area contributed by atoms with Gasteiger partial charge in [0, 0.05) is 5.56 Å². The van der Waals surface area contributed by atoms with Gasteiger partial charge in [-0.25, -0.2) is 4.79 Å². The minimum absolute atomic E-state index is 0.335. The van der Waals surface area contributed by atoms with Crippen molar-refractivity contribution >= 4 is 41.4 Å². The van der Waals surface area contributed by atoms with Gasteiger partial charge in [-0.05, 0) is 48.9 Å². The summed E-state index contributed by atoms with van der Waals surface area (Å²) in [6, 6.07) is 10.9.